The minimum atomic E-state index is 0.473. The van der Waals surface area contributed by atoms with E-state index in [2.05, 4.69) is 46.8 Å². The van der Waals surface area contributed by atoms with Gasteiger partial charge in [0.25, 0.3) is 0 Å². The molecule has 0 radical (unpaired) electrons. The van der Waals surface area contributed by atoms with Crippen LogP contribution in [0, 0.1) is 0 Å². The highest BCUT2D eigenvalue weighted by Gasteiger charge is 2.12. The molecule has 0 atom stereocenters. The van der Waals surface area contributed by atoms with Gasteiger partial charge >= 0.3 is 0 Å². The molecule has 0 saturated heterocycles. The highest BCUT2D eigenvalue weighted by Crippen LogP contribution is 2.37. The van der Waals surface area contributed by atoms with E-state index in [1.54, 1.807) is 17.4 Å². The average Bonchev–Trinajstić information content (AvgIpc) is 2.80. The Balaban J connectivity index is 2.21. The van der Waals surface area contributed by atoms with Gasteiger partial charge in [-0.15, -0.1) is 11.3 Å². The second-order valence-corrected chi connectivity index (χ2v) is 7.18. The van der Waals surface area contributed by atoms with Crippen LogP contribution in [-0.4, -0.2) is 15.0 Å². The van der Waals surface area contributed by atoms with Gasteiger partial charge in [0.2, 0.25) is 0 Å². The summed E-state index contributed by atoms with van der Waals surface area (Å²) in [6.45, 7) is 0. The summed E-state index contributed by atoms with van der Waals surface area (Å²) in [6, 6.07) is 5.64. The lowest BCUT2D eigenvalue weighted by atomic mass is 10.3. The van der Waals surface area contributed by atoms with E-state index in [0.717, 1.165) is 24.5 Å². The molecule has 0 aliphatic rings. The second-order valence-electron chi connectivity index (χ2n) is 3.43. The van der Waals surface area contributed by atoms with Crippen LogP contribution in [0.2, 0.25) is 0 Å². The van der Waals surface area contributed by atoms with Crippen molar-refractivity contribution in [2.75, 3.05) is 5.73 Å². The molecule has 0 spiro atoms. The molecule has 3 aromatic heterocycles. The first-order valence-electron chi connectivity index (χ1n) is 4.71. The van der Waals surface area contributed by atoms with E-state index in [9.17, 15) is 0 Å². The monoisotopic (exact) mass is 372 g/mol. The van der Waals surface area contributed by atoms with Crippen LogP contribution < -0.4 is 5.73 Å². The van der Waals surface area contributed by atoms with E-state index in [1.165, 1.54) is 0 Å². The van der Waals surface area contributed by atoms with E-state index in [0.29, 0.717) is 11.5 Å². The number of thiophene rings is 1. The summed E-state index contributed by atoms with van der Waals surface area (Å²) in [4.78, 5) is 11.8. The van der Waals surface area contributed by atoms with E-state index >= 15 is 0 Å². The number of nitrogens with zero attached hydrogens (tertiary/aromatic N) is 2. The first-order valence-corrected chi connectivity index (χ1v) is 7.11. The van der Waals surface area contributed by atoms with Gasteiger partial charge in [0.1, 0.15) is 11.6 Å². The Morgan fingerprint density at radius 1 is 1.24 bits per heavy atom. The molecule has 0 unspecified atom stereocenters. The third kappa shape index (κ3) is 1.98. The molecule has 17 heavy (non-hydrogen) atoms. The number of nitrogen functional groups attached to an aromatic ring is 1. The van der Waals surface area contributed by atoms with E-state index in [1.807, 2.05) is 12.1 Å². The number of pyridine rings is 1. The van der Waals surface area contributed by atoms with Crippen molar-refractivity contribution in [2.24, 2.45) is 0 Å². The molecule has 0 amide bonds. The predicted molar refractivity (Wildman–Crippen MR) is 77.0 cm³/mol. The molecule has 3 heterocycles. The lowest BCUT2D eigenvalue weighted by Gasteiger charge is -1.90. The predicted octanol–water partition coefficient (Wildman–Crippen LogP) is 3.79. The molecule has 3 N–H and O–H groups in total. The topological polar surface area (TPSA) is 67.6 Å². The molecule has 0 aromatic carbocycles. The van der Waals surface area contributed by atoms with Crippen LogP contribution >= 0.6 is 43.2 Å². The fourth-order valence-electron chi connectivity index (χ4n) is 1.54. The number of imidazole rings is 1. The lowest BCUT2D eigenvalue weighted by Crippen LogP contribution is -1.88. The minimum Gasteiger partial charge on any atom is -0.384 e. The molecule has 86 valence electrons. The zero-order chi connectivity index (χ0) is 12.0. The van der Waals surface area contributed by atoms with Crippen molar-refractivity contribution in [3.63, 3.8) is 0 Å². The number of nitrogens with one attached hydrogen (secondary N) is 1. The Kier molecular flexibility index (Phi) is 2.68. The zero-order valence-corrected chi connectivity index (χ0v) is 12.4. The van der Waals surface area contributed by atoms with Crippen molar-refractivity contribution in [1.82, 2.24) is 15.0 Å². The molecule has 0 bridgehead atoms. The van der Waals surface area contributed by atoms with Crippen LogP contribution in [0.5, 0.6) is 0 Å². The summed E-state index contributed by atoms with van der Waals surface area (Å²) < 4.78 is 2.07. The molecule has 3 rings (SSSR count). The molecular formula is C10H6Br2N4S. The van der Waals surface area contributed by atoms with Crippen molar-refractivity contribution in [2.45, 2.75) is 0 Å². The standard InChI is InChI=1S/C10H6Br2N4S/c11-6-3-4(8(12)17-6)9-14-5-1-2-7(13)15-10(5)16-9/h1-3H,(H3,13,14,15,16). The molecule has 0 fully saturated rings. The Labute approximate surface area is 118 Å². The van der Waals surface area contributed by atoms with Gasteiger partial charge in [0, 0.05) is 5.56 Å². The fourth-order valence-corrected chi connectivity index (χ4v) is 4.34. The normalized spacial score (nSPS) is 11.2. The van der Waals surface area contributed by atoms with Crippen LogP contribution in [0.1, 0.15) is 0 Å². The molecule has 7 heteroatoms. The first-order chi connectivity index (χ1) is 8.13. The quantitative estimate of drug-likeness (QED) is 0.681. The summed E-state index contributed by atoms with van der Waals surface area (Å²) in [5, 5.41) is 0. The number of H-pyrrole nitrogens is 1. The van der Waals surface area contributed by atoms with Crippen LogP contribution in [0.15, 0.2) is 25.8 Å². The van der Waals surface area contributed by atoms with Gasteiger partial charge in [-0.1, -0.05) is 0 Å². The van der Waals surface area contributed by atoms with Gasteiger partial charge in [-0.25, -0.2) is 9.97 Å². The number of hydrogen-bond acceptors (Lipinski definition) is 4. The Hall–Kier alpha value is -0.920. The summed E-state index contributed by atoms with van der Waals surface area (Å²) in [7, 11) is 0. The van der Waals surface area contributed by atoms with Crippen molar-refractivity contribution >= 4 is 60.2 Å². The first kappa shape index (κ1) is 11.2. The number of anilines is 1. The Morgan fingerprint density at radius 2 is 2.06 bits per heavy atom. The molecule has 0 aliphatic heterocycles. The fraction of sp³-hybridized carbons (Fsp3) is 0. The summed E-state index contributed by atoms with van der Waals surface area (Å²) in [5.74, 6) is 1.26. The second kappa shape index (κ2) is 4.08. The third-order valence-corrected chi connectivity index (χ3v) is 4.62. The Morgan fingerprint density at radius 3 is 2.76 bits per heavy atom. The lowest BCUT2D eigenvalue weighted by molar-refractivity contribution is 1.31. The molecular weight excluding hydrogens is 368 g/mol. The number of hydrogen-bond donors (Lipinski definition) is 2. The SMILES string of the molecule is Nc1ccc2[nH]c(-c3cc(Br)sc3Br)nc2n1. The molecule has 0 saturated carbocycles. The van der Waals surface area contributed by atoms with Gasteiger partial charge < -0.3 is 10.7 Å². The van der Waals surface area contributed by atoms with Gasteiger partial charge in [-0.05, 0) is 50.1 Å². The van der Waals surface area contributed by atoms with Crippen molar-refractivity contribution in [1.29, 1.82) is 0 Å². The summed E-state index contributed by atoms with van der Waals surface area (Å²) in [5.41, 5.74) is 8.15. The van der Waals surface area contributed by atoms with Gasteiger partial charge in [0.05, 0.1) is 13.1 Å². The largest absolute Gasteiger partial charge is 0.384 e. The summed E-state index contributed by atoms with van der Waals surface area (Å²) >= 11 is 8.56. The minimum absolute atomic E-state index is 0.473. The highest BCUT2D eigenvalue weighted by atomic mass is 79.9. The third-order valence-electron chi connectivity index (χ3n) is 2.28. The maximum atomic E-state index is 5.63. The van der Waals surface area contributed by atoms with Gasteiger partial charge in [-0.3, -0.25) is 0 Å². The van der Waals surface area contributed by atoms with Crippen molar-refractivity contribution in [3.8, 4) is 11.4 Å². The van der Waals surface area contributed by atoms with E-state index in [4.69, 9.17) is 5.73 Å². The smallest absolute Gasteiger partial charge is 0.180 e. The average molecular weight is 374 g/mol. The number of halogens is 2. The molecule has 4 nitrogen and oxygen atoms in total. The number of aromatic amines is 1. The van der Waals surface area contributed by atoms with E-state index < -0.39 is 0 Å². The van der Waals surface area contributed by atoms with Crippen LogP contribution in [-0.2, 0) is 0 Å². The molecule has 0 aliphatic carbocycles. The maximum absolute atomic E-state index is 5.63. The zero-order valence-electron chi connectivity index (χ0n) is 8.37. The maximum Gasteiger partial charge on any atom is 0.180 e. The van der Waals surface area contributed by atoms with E-state index in [-0.39, 0.29) is 0 Å². The van der Waals surface area contributed by atoms with Crippen molar-refractivity contribution < 1.29 is 0 Å². The van der Waals surface area contributed by atoms with Crippen LogP contribution in [0.25, 0.3) is 22.6 Å². The number of aromatic nitrogens is 3. The van der Waals surface area contributed by atoms with Gasteiger partial charge in [0.15, 0.2) is 5.65 Å². The number of fused-ring (bicyclic) bond motifs is 1. The van der Waals surface area contributed by atoms with Crippen molar-refractivity contribution in [3.05, 3.63) is 25.8 Å². The molecule has 3 aromatic rings. The van der Waals surface area contributed by atoms with Crippen LogP contribution in [0.3, 0.4) is 0 Å². The summed E-state index contributed by atoms with van der Waals surface area (Å²) in [6.07, 6.45) is 0. The Bertz CT molecular complexity index is 703. The number of nitrogens with two attached hydrogens (primary N) is 1. The van der Waals surface area contributed by atoms with Crippen LogP contribution in [0.4, 0.5) is 5.82 Å². The highest BCUT2D eigenvalue weighted by molar-refractivity contribution is 9.12. The van der Waals surface area contributed by atoms with Gasteiger partial charge in [-0.2, -0.15) is 0 Å². The number of rotatable bonds is 1.